The minimum atomic E-state index is -3.40. The van der Waals surface area contributed by atoms with Gasteiger partial charge in [0.1, 0.15) is 0 Å². The molecule has 114 valence electrons. The fourth-order valence-electron chi connectivity index (χ4n) is 1.85. The van der Waals surface area contributed by atoms with E-state index in [1.807, 2.05) is 13.8 Å². The Morgan fingerprint density at radius 1 is 1.38 bits per heavy atom. The molecular weight excluding hydrogens is 312 g/mol. The number of rotatable bonds is 4. The van der Waals surface area contributed by atoms with E-state index in [2.05, 4.69) is 10.2 Å². The zero-order valence-corrected chi connectivity index (χ0v) is 13.5. The number of H-pyrrole nitrogens is 1. The minimum absolute atomic E-state index is 0.0708. The average Bonchev–Trinajstić information content (AvgIpc) is 2.71. The molecule has 0 aliphatic rings. The van der Waals surface area contributed by atoms with Crippen molar-refractivity contribution >= 4 is 27.3 Å². The van der Waals surface area contributed by atoms with E-state index in [1.165, 1.54) is 10.6 Å². The summed E-state index contributed by atoms with van der Waals surface area (Å²) in [6, 6.07) is 4.69. The number of aromatic amines is 1. The molecule has 3 N–H and O–H groups in total. The van der Waals surface area contributed by atoms with Crippen LogP contribution in [0.3, 0.4) is 0 Å². The lowest BCUT2D eigenvalue weighted by molar-refractivity contribution is 0.534. The Morgan fingerprint density at radius 3 is 2.62 bits per heavy atom. The first-order chi connectivity index (χ1) is 9.71. The number of anilines is 1. The summed E-state index contributed by atoms with van der Waals surface area (Å²) in [7, 11) is -3.40. The third kappa shape index (κ3) is 3.13. The molecule has 0 bridgehead atoms. The fourth-order valence-corrected chi connectivity index (χ4v) is 3.80. The quantitative estimate of drug-likeness (QED) is 0.818. The second-order valence-electron chi connectivity index (χ2n) is 4.82. The van der Waals surface area contributed by atoms with Crippen LogP contribution in [0.2, 0.25) is 0 Å². The Balaban J connectivity index is 2.49. The molecule has 0 aliphatic heterocycles. The first-order valence-electron chi connectivity index (χ1n) is 6.15. The van der Waals surface area contributed by atoms with E-state index in [4.69, 9.17) is 5.73 Å². The number of hydrogen-bond donors (Lipinski definition) is 2. The third-order valence-corrected chi connectivity index (χ3v) is 5.02. The molecule has 0 spiro atoms. The van der Waals surface area contributed by atoms with Gasteiger partial charge in [0.15, 0.2) is 15.0 Å². The van der Waals surface area contributed by atoms with Gasteiger partial charge in [-0.05, 0) is 37.7 Å². The summed E-state index contributed by atoms with van der Waals surface area (Å²) in [5.41, 5.74) is 5.77. The summed E-state index contributed by atoms with van der Waals surface area (Å²) in [4.78, 5) is 12.3. The van der Waals surface area contributed by atoms with Gasteiger partial charge in [-0.1, -0.05) is 6.07 Å². The van der Waals surface area contributed by atoms with E-state index >= 15 is 0 Å². The van der Waals surface area contributed by atoms with Gasteiger partial charge in [-0.15, -0.1) is 5.10 Å². The molecule has 0 saturated carbocycles. The molecule has 0 aliphatic carbocycles. The summed E-state index contributed by atoms with van der Waals surface area (Å²) in [5.74, 6) is 0. The molecule has 9 heteroatoms. The number of aromatic nitrogens is 3. The number of nitrogen functional groups attached to an aromatic ring is 1. The van der Waals surface area contributed by atoms with Crippen molar-refractivity contribution in [3.8, 4) is 0 Å². The largest absolute Gasteiger partial charge is 0.397 e. The van der Waals surface area contributed by atoms with Crippen LogP contribution < -0.4 is 11.4 Å². The summed E-state index contributed by atoms with van der Waals surface area (Å²) >= 11 is 1.15. The van der Waals surface area contributed by atoms with Crippen molar-refractivity contribution in [2.24, 2.45) is 0 Å². The van der Waals surface area contributed by atoms with Crippen LogP contribution in [0, 0.1) is 0 Å². The SMILES string of the molecule is CC(C)n1c(Sc2cccc(S(C)(=O)=O)c2N)n[nH]c1=O. The van der Waals surface area contributed by atoms with Gasteiger partial charge < -0.3 is 5.73 Å². The lowest BCUT2D eigenvalue weighted by atomic mass is 10.3. The molecule has 2 aromatic rings. The summed E-state index contributed by atoms with van der Waals surface area (Å²) in [6.07, 6.45) is 1.10. The topological polar surface area (TPSA) is 111 Å². The number of para-hydroxylation sites is 1. The van der Waals surface area contributed by atoms with E-state index < -0.39 is 9.84 Å². The zero-order valence-electron chi connectivity index (χ0n) is 11.8. The van der Waals surface area contributed by atoms with Gasteiger partial charge in [0.25, 0.3) is 0 Å². The van der Waals surface area contributed by atoms with Crippen LogP contribution in [0.1, 0.15) is 19.9 Å². The lowest BCUT2D eigenvalue weighted by Gasteiger charge is -2.11. The number of nitrogens with two attached hydrogens (primary N) is 1. The molecule has 0 amide bonds. The molecular formula is C12H16N4O3S2. The van der Waals surface area contributed by atoms with Crippen LogP contribution in [0.4, 0.5) is 5.69 Å². The molecule has 0 radical (unpaired) electrons. The first-order valence-corrected chi connectivity index (χ1v) is 8.86. The van der Waals surface area contributed by atoms with Gasteiger partial charge >= 0.3 is 5.69 Å². The van der Waals surface area contributed by atoms with Crippen LogP contribution in [-0.4, -0.2) is 29.4 Å². The molecule has 0 saturated heterocycles. The third-order valence-electron chi connectivity index (χ3n) is 2.82. The smallest absolute Gasteiger partial charge is 0.344 e. The summed E-state index contributed by atoms with van der Waals surface area (Å²) in [6.45, 7) is 3.72. The van der Waals surface area contributed by atoms with Gasteiger partial charge in [0.2, 0.25) is 0 Å². The summed E-state index contributed by atoms with van der Waals surface area (Å²) < 4.78 is 24.8. The highest BCUT2D eigenvalue weighted by Gasteiger charge is 2.18. The van der Waals surface area contributed by atoms with Crippen molar-refractivity contribution in [2.45, 2.75) is 34.8 Å². The van der Waals surface area contributed by atoms with Gasteiger partial charge in [0, 0.05) is 17.2 Å². The predicted octanol–water partition coefficient (Wildman–Crippen LogP) is 1.29. The Morgan fingerprint density at radius 2 is 2.05 bits per heavy atom. The van der Waals surface area contributed by atoms with Crippen LogP contribution in [0.15, 0.2) is 37.9 Å². The monoisotopic (exact) mass is 328 g/mol. The second-order valence-corrected chi connectivity index (χ2v) is 7.81. The molecule has 7 nitrogen and oxygen atoms in total. The summed E-state index contributed by atoms with van der Waals surface area (Å²) in [5, 5.41) is 6.77. The fraction of sp³-hybridized carbons (Fsp3) is 0.333. The first kappa shape index (κ1) is 15.6. The highest BCUT2D eigenvalue weighted by Crippen LogP contribution is 2.34. The maximum absolute atomic E-state index is 11.7. The number of sulfone groups is 1. The van der Waals surface area contributed by atoms with E-state index in [0.717, 1.165) is 18.0 Å². The van der Waals surface area contributed by atoms with Gasteiger partial charge in [-0.2, -0.15) is 0 Å². The molecule has 21 heavy (non-hydrogen) atoms. The Kier molecular flexibility index (Phi) is 4.15. The highest BCUT2D eigenvalue weighted by atomic mass is 32.2. The van der Waals surface area contributed by atoms with Crippen molar-refractivity contribution in [3.05, 3.63) is 28.7 Å². The zero-order chi connectivity index (χ0) is 15.8. The van der Waals surface area contributed by atoms with Crippen molar-refractivity contribution in [1.82, 2.24) is 14.8 Å². The standard InChI is InChI=1S/C12H16N4O3S2/c1-7(2)16-11(17)14-15-12(16)20-8-5-4-6-9(10(8)13)21(3,18)19/h4-7H,13H2,1-3H3,(H,14,17). The van der Waals surface area contributed by atoms with Crippen molar-refractivity contribution < 1.29 is 8.42 Å². The normalized spacial score (nSPS) is 12.0. The predicted molar refractivity (Wildman–Crippen MR) is 81.3 cm³/mol. The van der Waals surface area contributed by atoms with Crippen molar-refractivity contribution in [3.63, 3.8) is 0 Å². The van der Waals surface area contributed by atoms with Crippen LogP contribution in [0.25, 0.3) is 0 Å². The van der Waals surface area contributed by atoms with Gasteiger partial charge in [0.05, 0.1) is 10.6 Å². The van der Waals surface area contributed by atoms with E-state index in [-0.39, 0.29) is 22.3 Å². The molecule has 2 rings (SSSR count). The minimum Gasteiger partial charge on any atom is -0.397 e. The molecule has 1 aromatic heterocycles. The molecule has 0 unspecified atom stereocenters. The maximum Gasteiger partial charge on any atom is 0.344 e. The number of hydrogen-bond acceptors (Lipinski definition) is 6. The van der Waals surface area contributed by atoms with Crippen LogP contribution in [0.5, 0.6) is 0 Å². The Bertz CT molecular complexity index is 821. The van der Waals surface area contributed by atoms with E-state index in [1.54, 1.807) is 12.1 Å². The molecule has 0 fully saturated rings. The molecule has 0 atom stereocenters. The highest BCUT2D eigenvalue weighted by molar-refractivity contribution is 7.99. The lowest BCUT2D eigenvalue weighted by Crippen LogP contribution is -2.19. The van der Waals surface area contributed by atoms with E-state index in [0.29, 0.717) is 10.1 Å². The Labute approximate surface area is 126 Å². The Hall–Kier alpha value is -1.74. The van der Waals surface area contributed by atoms with Crippen molar-refractivity contribution in [2.75, 3.05) is 12.0 Å². The van der Waals surface area contributed by atoms with Crippen molar-refractivity contribution in [1.29, 1.82) is 0 Å². The number of nitrogens with zero attached hydrogens (tertiary/aromatic N) is 2. The van der Waals surface area contributed by atoms with E-state index in [9.17, 15) is 13.2 Å². The van der Waals surface area contributed by atoms with Gasteiger partial charge in [-0.3, -0.25) is 4.57 Å². The van der Waals surface area contributed by atoms with Gasteiger partial charge in [-0.25, -0.2) is 18.3 Å². The van der Waals surface area contributed by atoms with Crippen LogP contribution >= 0.6 is 11.8 Å². The second kappa shape index (κ2) is 5.57. The maximum atomic E-state index is 11.7. The average molecular weight is 328 g/mol. The number of benzene rings is 1. The molecule has 1 aromatic carbocycles. The van der Waals surface area contributed by atoms with Crippen LogP contribution in [-0.2, 0) is 9.84 Å². The number of nitrogens with one attached hydrogen (secondary N) is 1. The molecule has 1 heterocycles.